The van der Waals surface area contributed by atoms with Crippen molar-refractivity contribution in [3.63, 3.8) is 0 Å². The molecule has 0 aliphatic carbocycles. The molecule has 2 N–H and O–H groups in total. The third kappa shape index (κ3) is 3.24. The Hall–Kier alpha value is -3.22. The van der Waals surface area contributed by atoms with Crippen LogP contribution in [0, 0.1) is 17.0 Å². The minimum atomic E-state index is -1.16. The molecule has 1 heterocycles. The summed E-state index contributed by atoms with van der Waals surface area (Å²) >= 11 is 0. The monoisotopic (exact) mass is 387 g/mol. The van der Waals surface area contributed by atoms with Gasteiger partial charge < -0.3 is 10.2 Å². The van der Waals surface area contributed by atoms with Crippen LogP contribution in [0.5, 0.6) is 5.75 Å². The predicted molar refractivity (Wildman–Crippen MR) is 98.8 cm³/mol. The Labute approximate surface area is 160 Å². The number of amides is 1. The summed E-state index contributed by atoms with van der Waals surface area (Å²) in [4.78, 5) is 26.8. The Balaban J connectivity index is 2.22. The van der Waals surface area contributed by atoms with Crippen molar-refractivity contribution >= 4 is 17.4 Å². The zero-order valence-corrected chi connectivity index (χ0v) is 15.5. The highest BCUT2D eigenvalue weighted by Crippen LogP contribution is 2.43. The van der Waals surface area contributed by atoms with Crippen molar-refractivity contribution in [2.75, 3.05) is 4.90 Å². The Kier molecular flexibility index (Phi) is 4.71. The summed E-state index contributed by atoms with van der Waals surface area (Å²) in [5, 5.41) is 20.0. The molecule has 2 aromatic carbocycles. The van der Waals surface area contributed by atoms with Gasteiger partial charge in [0.2, 0.25) is 0 Å². The Morgan fingerprint density at radius 2 is 1.61 bits per heavy atom. The molecule has 0 saturated heterocycles. The number of hydrogen-bond donors (Lipinski definition) is 2. The molecule has 0 bridgehead atoms. The van der Waals surface area contributed by atoms with Crippen molar-refractivity contribution in [1.82, 2.24) is 0 Å². The standard InChI is InChI=1S/C21H19F2NO4/c1-21(2,3)19(27)16-17(11-4-7-13(25)8-5-11)24(20(28)18(16)26)12-6-9-14(22)15(23)10-12/h4-10,17,25-26H,1-3H3. The van der Waals surface area contributed by atoms with Gasteiger partial charge >= 0.3 is 0 Å². The van der Waals surface area contributed by atoms with Gasteiger partial charge in [-0.2, -0.15) is 0 Å². The van der Waals surface area contributed by atoms with Crippen LogP contribution in [-0.2, 0) is 9.59 Å². The van der Waals surface area contributed by atoms with E-state index >= 15 is 0 Å². The Morgan fingerprint density at radius 3 is 2.14 bits per heavy atom. The van der Waals surface area contributed by atoms with Crippen LogP contribution in [-0.4, -0.2) is 21.9 Å². The molecule has 28 heavy (non-hydrogen) atoms. The summed E-state index contributed by atoms with van der Waals surface area (Å²) in [6.07, 6.45) is 0. The highest BCUT2D eigenvalue weighted by molar-refractivity contribution is 6.17. The van der Waals surface area contributed by atoms with Gasteiger partial charge in [0, 0.05) is 17.2 Å². The molecule has 1 atom stereocenters. The SMILES string of the molecule is CC(C)(C)C(=O)C1=C(O)C(=O)N(c2ccc(F)c(F)c2)C1c1ccc(O)cc1. The molecule has 5 nitrogen and oxygen atoms in total. The van der Waals surface area contributed by atoms with Gasteiger partial charge in [-0.05, 0) is 29.8 Å². The summed E-state index contributed by atoms with van der Waals surface area (Å²) in [7, 11) is 0. The van der Waals surface area contributed by atoms with Crippen LogP contribution in [0.3, 0.4) is 0 Å². The first-order chi connectivity index (χ1) is 13.0. The number of phenolic OH excluding ortho intramolecular Hbond substituents is 1. The summed E-state index contributed by atoms with van der Waals surface area (Å²) in [6, 6.07) is 7.58. The lowest BCUT2D eigenvalue weighted by molar-refractivity contribution is -0.123. The first-order valence-corrected chi connectivity index (χ1v) is 8.58. The third-order valence-corrected chi connectivity index (χ3v) is 4.52. The van der Waals surface area contributed by atoms with Gasteiger partial charge in [0.15, 0.2) is 23.2 Å². The van der Waals surface area contributed by atoms with E-state index in [0.29, 0.717) is 5.56 Å². The van der Waals surface area contributed by atoms with Gasteiger partial charge in [0.05, 0.1) is 11.6 Å². The van der Waals surface area contributed by atoms with Gasteiger partial charge in [-0.25, -0.2) is 8.78 Å². The molecule has 146 valence electrons. The van der Waals surface area contributed by atoms with E-state index in [2.05, 4.69) is 0 Å². The molecule has 1 unspecified atom stereocenters. The lowest BCUT2D eigenvalue weighted by Gasteiger charge is -2.29. The highest BCUT2D eigenvalue weighted by atomic mass is 19.2. The summed E-state index contributed by atoms with van der Waals surface area (Å²) in [5.74, 6) is -4.35. The number of anilines is 1. The second-order valence-electron chi connectivity index (χ2n) is 7.61. The number of carbonyl (C=O) groups excluding carboxylic acids is 2. The number of phenols is 1. The van der Waals surface area contributed by atoms with Gasteiger partial charge in [-0.1, -0.05) is 32.9 Å². The average molecular weight is 387 g/mol. The summed E-state index contributed by atoms with van der Waals surface area (Å²) in [5.41, 5.74) is -0.617. The van der Waals surface area contributed by atoms with Crippen LogP contribution in [0.15, 0.2) is 53.8 Å². The van der Waals surface area contributed by atoms with Gasteiger partial charge in [0.1, 0.15) is 5.75 Å². The van der Waals surface area contributed by atoms with E-state index in [1.54, 1.807) is 20.8 Å². The quantitative estimate of drug-likeness (QED) is 0.828. The largest absolute Gasteiger partial charge is 0.508 e. The van der Waals surface area contributed by atoms with E-state index in [1.807, 2.05) is 0 Å². The molecule has 0 aromatic heterocycles. The van der Waals surface area contributed by atoms with E-state index in [9.17, 15) is 28.6 Å². The van der Waals surface area contributed by atoms with Gasteiger partial charge in [-0.3, -0.25) is 14.5 Å². The lowest BCUT2D eigenvalue weighted by atomic mass is 9.82. The number of hydrogen-bond acceptors (Lipinski definition) is 4. The fourth-order valence-electron chi connectivity index (χ4n) is 3.11. The van der Waals surface area contributed by atoms with Crippen molar-refractivity contribution < 1.29 is 28.6 Å². The topological polar surface area (TPSA) is 77.8 Å². The molecule has 1 aliphatic rings. The van der Waals surface area contributed by atoms with Crippen LogP contribution in [0.2, 0.25) is 0 Å². The maximum Gasteiger partial charge on any atom is 0.294 e. The number of ketones is 1. The molecule has 7 heteroatoms. The van der Waals surface area contributed by atoms with Crippen LogP contribution in [0.1, 0.15) is 32.4 Å². The van der Waals surface area contributed by atoms with E-state index < -0.39 is 40.5 Å². The molecule has 2 aromatic rings. The molecule has 3 rings (SSSR count). The van der Waals surface area contributed by atoms with E-state index in [0.717, 1.165) is 17.0 Å². The zero-order valence-electron chi connectivity index (χ0n) is 15.5. The van der Waals surface area contributed by atoms with Crippen molar-refractivity contribution in [2.24, 2.45) is 5.41 Å². The number of halogens is 2. The fourth-order valence-corrected chi connectivity index (χ4v) is 3.11. The number of Topliss-reactive ketones (excluding diaryl/α,β-unsaturated/α-hetero) is 1. The van der Waals surface area contributed by atoms with Gasteiger partial charge in [0.25, 0.3) is 5.91 Å². The number of carbonyl (C=O) groups is 2. The molecular formula is C21H19F2NO4. The molecule has 1 amide bonds. The molecule has 1 aliphatic heterocycles. The number of aliphatic hydroxyl groups is 1. The van der Waals surface area contributed by atoms with E-state index in [4.69, 9.17) is 0 Å². The number of benzene rings is 2. The molecule has 0 spiro atoms. The number of rotatable bonds is 3. The Morgan fingerprint density at radius 1 is 1.00 bits per heavy atom. The molecule has 0 radical (unpaired) electrons. The van der Waals surface area contributed by atoms with Crippen LogP contribution < -0.4 is 4.90 Å². The zero-order chi connectivity index (χ0) is 20.8. The first kappa shape index (κ1) is 19.5. The number of aromatic hydroxyl groups is 1. The Bertz CT molecular complexity index is 990. The highest BCUT2D eigenvalue weighted by Gasteiger charge is 2.46. The van der Waals surface area contributed by atoms with E-state index in [-0.39, 0.29) is 17.0 Å². The smallest absolute Gasteiger partial charge is 0.294 e. The van der Waals surface area contributed by atoms with Crippen molar-refractivity contribution in [3.8, 4) is 5.75 Å². The lowest BCUT2D eigenvalue weighted by Crippen LogP contribution is -2.32. The minimum Gasteiger partial charge on any atom is -0.508 e. The second-order valence-corrected chi connectivity index (χ2v) is 7.61. The minimum absolute atomic E-state index is 0.00904. The van der Waals surface area contributed by atoms with Crippen LogP contribution >= 0.6 is 0 Å². The number of nitrogens with zero attached hydrogens (tertiary/aromatic N) is 1. The van der Waals surface area contributed by atoms with Crippen molar-refractivity contribution in [2.45, 2.75) is 26.8 Å². The second kappa shape index (κ2) is 6.74. The summed E-state index contributed by atoms with van der Waals surface area (Å²) in [6.45, 7) is 4.94. The first-order valence-electron chi connectivity index (χ1n) is 8.58. The normalized spacial score (nSPS) is 17.4. The maximum atomic E-state index is 13.8. The maximum absolute atomic E-state index is 13.8. The van der Waals surface area contributed by atoms with Crippen molar-refractivity contribution in [3.05, 3.63) is 71.0 Å². The molecular weight excluding hydrogens is 368 g/mol. The van der Waals surface area contributed by atoms with Crippen LogP contribution in [0.25, 0.3) is 0 Å². The predicted octanol–water partition coefficient (Wildman–Crippen LogP) is 4.19. The fraction of sp³-hybridized carbons (Fsp3) is 0.238. The third-order valence-electron chi connectivity index (χ3n) is 4.52. The number of aliphatic hydroxyl groups excluding tert-OH is 1. The molecule has 0 fully saturated rings. The van der Waals surface area contributed by atoms with Gasteiger partial charge in [-0.15, -0.1) is 0 Å². The summed E-state index contributed by atoms with van der Waals surface area (Å²) < 4.78 is 27.2. The molecule has 0 saturated carbocycles. The van der Waals surface area contributed by atoms with Crippen LogP contribution in [0.4, 0.5) is 14.5 Å². The van der Waals surface area contributed by atoms with Crippen molar-refractivity contribution in [1.29, 1.82) is 0 Å². The van der Waals surface area contributed by atoms with E-state index in [1.165, 1.54) is 30.3 Å². The average Bonchev–Trinajstić information content (AvgIpc) is 2.88.